The summed E-state index contributed by atoms with van der Waals surface area (Å²) in [4.78, 5) is 28.2. The number of amides is 2. The monoisotopic (exact) mass is 431 g/mol. The van der Waals surface area contributed by atoms with Gasteiger partial charge in [-0.15, -0.1) is 0 Å². The molecule has 2 N–H and O–H groups in total. The van der Waals surface area contributed by atoms with Crippen LogP contribution in [0.5, 0.6) is 5.75 Å². The first-order chi connectivity index (χ1) is 14.0. The summed E-state index contributed by atoms with van der Waals surface area (Å²) in [5, 5.41) is 10.1. The van der Waals surface area contributed by atoms with E-state index in [-0.39, 0.29) is 35.9 Å². The quantitative estimate of drug-likeness (QED) is 0.643. The summed E-state index contributed by atoms with van der Waals surface area (Å²) in [6, 6.07) is 11.8. The number of hydrogen-bond donors (Lipinski definition) is 2. The molecule has 1 unspecified atom stereocenters. The lowest BCUT2D eigenvalue weighted by Gasteiger charge is -2.24. The first kappa shape index (κ1) is 19.2. The van der Waals surface area contributed by atoms with Gasteiger partial charge < -0.3 is 10.1 Å². The Kier molecular flexibility index (Phi) is 5.37. The van der Waals surface area contributed by atoms with Gasteiger partial charge in [0.1, 0.15) is 12.1 Å². The summed E-state index contributed by atoms with van der Waals surface area (Å²) in [7, 11) is 0. The van der Waals surface area contributed by atoms with Crippen LogP contribution in [0.3, 0.4) is 0 Å². The number of nitrogens with zero attached hydrogens (tertiary/aromatic N) is 3. The molecule has 1 aliphatic heterocycles. The van der Waals surface area contributed by atoms with Crippen LogP contribution in [-0.4, -0.2) is 33.2 Å². The number of hydrogen-bond acceptors (Lipinski definition) is 5. The highest BCUT2D eigenvalue weighted by molar-refractivity contribution is 6.44. The van der Waals surface area contributed by atoms with Crippen molar-refractivity contribution in [3.05, 3.63) is 64.4 Å². The minimum atomic E-state index is -0.379. The number of nitrogens with one attached hydrogen (secondary N) is 2. The Morgan fingerprint density at radius 1 is 1.28 bits per heavy atom. The van der Waals surface area contributed by atoms with E-state index in [0.29, 0.717) is 22.4 Å². The largest absolute Gasteiger partial charge is 0.484 e. The van der Waals surface area contributed by atoms with Crippen molar-refractivity contribution >= 4 is 46.7 Å². The number of anilines is 2. The predicted octanol–water partition coefficient (Wildman–Crippen LogP) is 3.53. The van der Waals surface area contributed by atoms with E-state index in [1.807, 2.05) is 6.07 Å². The molecule has 4 rings (SSSR count). The Bertz CT molecular complexity index is 1090. The van der Waals surface area contributed by atoms with Crippen molar-refractivity contribution in [1.29, 1.82) is 0 Å². The van der Waals surface area contributed by atoms with Gasteiger partial charge in [0.25, 0.3) is 5.91 Å². The summed E-state index contributed by atoms with van der Waals surface area (Å²) in [5.41, 5.74) is 1.23. The number of halogens is 2. The number of fused-ring (bicyclic) bond motifs is 1. The number of aromatic nitrogens is 3. The molecule has 0 saturated heterocycles. The molecule has 0 bridgehead atoms. The fourth-order valence-corrected chi connectivity index (χ4v) is 3.36. The maximum absolute atomic E-state index is 12.2. The van der Waals surface area contributed by atoms with Crippen molar-refractivity contribution in [2.75, 3.05) is 17.2 Å². The molecule has 2 heterocycles. The van der Waals surface area contributed by atoms with Crippen LogP contribution in [0.15, 0.2) is 48.8 Å². The first-order valence-electron chi connectivity index (χ1n) is 8.67. The molecule has 1 aliphatic rings. The van der Waals surface area contributed by atoms with Crippen LogP contribution in [0.4, 0.5) is 11.6 Å². The molecule has 148 valence electrons. The molecule has 0 saturated carbocycles. The number of benzene rings is 2. The molecule has 0 radical (unpaired) electrons. The first-order valence-corrected chi connectivity index (χ1v) is 9.43. The van der Waals surface area contributed by atoms with E-state index in [9.17, 15) is 9.59 Å². The van der Waals surface area contributed by atoms with Crippen LogP contribution in [0.25, 0.3) is 0 Å². The minimum Gasteiger partial charge on any atom is -0.484 e. The average Bonchev–Trinajstić information content (AvgIpc) is 3.18. The number of rotatable bonds is 5. The van der Waals surface area contributed by atoms with Gasteiger partial charge >= 0.3 is 0 Å². The lowest BCUT2D eigenvalue weighted by Crippen LogP contribution is -2.29. The third kappa shape index (κ3) is 4.18. The third-order valence-corrected chi connectivity index (χ3v) is 5.16. The second kappa shape index (κ2) is 8.10. The summed E-state index contributed by atoms with van der Waals surface area (Å²) in [6.07, 6.45) is 1.62. The van der Waals surface area contributed by atoms with Gasteiger partial charge in [-0.2, -0.15) is 10.1 Å². The highest BCUT2D eigenvalue weighted by atomic mass is 35.5. The normalized spacial score (nSPS) is 15.4. The van der Waals surface area contributed by atoms with E-state index in [1.54, 1.807) is 41.1 Å². The molecule has 1 aromatic heterocycles. The van der Waals surface area contributed by atoms with E-state index in [1.165, 1.54) is 6.33 Å². The summed E-state index contributed by atoms with van der Waals surface area (Å²) < 4.78 is 7.25. The van der Waals surface area contributed by atoms with Crippen molar-refractivity contribution in [2.45, 2.75) is 12.5 Å². The molecule has 8 nitrogen and oxygen atoms in total. The van der Waals surface area contributed by atoms with Crippen LogP contribution in [0, 0.1) is 0 Å². The second-order valence-corrected chi connectivity index (χ2v) is 7.09. The smallest absolute Gasteiger partial charge is 0.262 e. The van der Waals surface area contributed by atoms with Gasteiger partial charge in [-0.1, -0.05) is 41.4 Å². The second-order valence-electron chi connectivity index (χ2n) is 6.31. The zero-order chi connectivity index (χ0) is 20.4. The van der Waals surface area contributed by atoms with Crippen molar-refractivity contribution in [1.82, 2.24) is 14.8 Å². The fourth-order valence-electron chi connectivity index (χ4n) is 3.01. The fraction of sp³-hybridized carbons (Fsp3) is 0.158. The summed E-state index contributed by atoms with van der Waals surface area (Å²) in [6.45, 7) is -0.216. The van der Waals surface area contributed by atoms with Crippen molar-refractivity contribution < 1.29 is 14.3 Å². The van der Waals surface area contributed by atoms with Crippen LogP contribution < -0.4 is 15.4 Å². The van der Waals surface area contributed by atoms with Crippen molar-refractivity contribution in [2.24, 2.45) is 0 Å². The van der Waals surface area contributed by atoms with Gasteiger partial charge in [0.05, 0.1) is 28.2 Å². The number of carbonyl (C=O) groups is 2. The van der Waals surface area contributed by atoms with Crippen molar-refractivity contribution in [3.63, 3.8) is 0 Å². The average molecular weight is 432 g/mol. The van der Waals surface area contributed by atoms with Gasteiger partial charge in [0, 0.05) is 0 Å². The molecule has 29 heavy (non-hydrogen) atoms. The SMILES string of the molecule is O=C(COc1cccc(C2CC(=O)Nc3ncnn32)c1)Nc1cccc(Cl)c1Cl. The number of ether oxygens (including phenoxy) is 1. The Balaban J connectivity index is 1.44. The number of carbonyl (C=O) groups excluding carboxylic acids is 2. The Morgan fingerprint density at radius 3 is 2.97 bits per heavy atom. The van der Waals surface area contributed by atoms with E-state index in [4.69, 9.17) is 27.9 Å². The lowest BCUT2D eigenvalue weighted by atomic mass is 10.0. The summed E-state index contributed by atoms with van der Waals surface area (Å²) >= 11 is 12.0. The molecule has 0 spiro atoms. The Hall–Kier alpha value is -3.10. The maximum Gasteiger partial charge on any atom is 0.262 e. The summed E-state index contributed by atoms with van der Waals surface area (Å²) in [5.74, 6) is 0.368. The molecular weight excluding hydrogens is 417 g/mol. The standard InChI is InChI=1S/C19H15Cl2N5O3/c20-13-5-2-6-14(18(13)21)24-17(28)9-29-12-4-1-3-11(7-12)15-8-16(27)25-19-22-10-23-26(15)19/h1-7,10,15H,8-9H2,(H,24,28)(H,22,23,25,27). The van der Waals surface area contributed by atoms with Crippen LogP contribution in [-0.2, 0) is 9.59 Å². The van der Waals surface area contributed by atoms with Gasteiger partial charge in [-0.3, -0.25) is 14.9 Å². The van der Waals surface area contributed by atoms with E-state index >= 15 is 0 Å². The molecule has 1 atom stereocenters. The maximum atomic E-state index is 12.2. The Labute approximate surface area is 175 Å². The highest BCUT2D eigenvalue weighted by Crippen LogP contribution is 2.31. The molecule has 3 aromatic rings. The molecule has 10 heteroatoms. The van der Waals surface area contributed by atoms with Crippen LogP contribution >= 0.6 is 23.2 Å². The highest BCUT2D eigenvalue weighted by Gasteiger charge is 2.27. The molecular formula is C19H15Cl2N5O3. The van der Waals surface area contributed by atoms with Crippen LogP contribution in [0.2, 0.25) is 10.0 Å². The topological polar surface area (TPSA) is 98.1 Å². The predicted molar refractivity (Wildman–Crippen MR) is 108 cm³/mol. The van der Waals surface area contributed by atoms with E-state index < -0.39 is 0 Å². The zero-order valence-electron chi connectivity index (χ0n) is 14.9. The van der Waals surface area contributed by atoms with Crippen LogP contribution in [0.1, 0.15) is 18.0 Å². The molecule has 2 amide bonds. The van der Waals surface area contributed by atoms with Gasteiger partial charge in [0.15, 0.2) is 6.61 Å². The Morgan fingerprint density at radius 2 is 2.10 bits per heavy atom. The lowest BCUT2D eigenvalue weighted by molar-refractivity contribution is -0.118. The molecule has 0 fully saturated rings. The van der Waals surface area contributed by atoms with Gasteiger partial charge in [-0.25, -0.2) is 4.68 Å². The molecule has 0 aliphatic carbocycles. The van der Waals surface area contributed by atoms with Gasteiger partial charge in [0.2, 0.25) is 11.9 Å². The van der Waals surface area contributed by atoms with Crippen molar-refractivity contribution in [3.8, 4) is 5.75 Å². The van der Waals surface area contributed by atoms with E-state index in [2.05, 4.69) is 20.7 Å². The zero-order valence-corrected chi connectivity index (χ0v) is 16.4. The molecule has 2 aromatic carbocycles. The van der Waals surface area contributed by atoms with Gasteiger partial charge in [-0.05, 0) is 29.8 Å². The van der Waals surface area contributed by atoms with E-state index in [0.717, 1.165) is 5.56 Å². The minimum absolute atomic E-state index is 0.139. The third-order valence-electron chi connectivity index (χ3n) is 4.34.